The predicted octanol–water partition coefficient (Wildman–Crippen LogP) is 5.29. The van der Waals surface area contributed by atoms with Crippen LogP contribution in [0.4, 0.5) is 0 Å². The van der Waals surface area contributed by atoms with Gasteiger partial charge in [-0.25, -0.2) is 0 Å². The molecule has 122 valence electrons. The zero-order valence-corrected chi connectivity index (χ0v) is 14.4. The number of pyridine rings is 1. The quantitative estimate of drug-likeness (QED) is 0.660. The van der Waals surface area contributed by atoms with Crippen LogP contribution in [0.3, 0.4) is 0 Å². The summed E-state index contributed by atoms with van der Waals surface area (Å²) < 4.78 is 0. The molecule has 1 aromatic rings. The average molecular weight is 308 g/mol. The van der Waals surface area contributed by atoms with Crippen LogP contribution in [0, 0.1) is 0 Å². The Hall–Kier alpha value is -2.09. The van der Waals surface area contributed by atoms with Crippen molar-refractivity contribution in [3.63, 3.8) is 0 Å². The second-order valence-electron chi connectivity index (χ2n) is 6.24. The Kier molecular flexibility index (Phi) is 6.40. The molecule has 1 unspecified atom stereocenters. The maximum atomic E-state index is 4.48. The lowest BCUT2D eigenvalue weighted by molar-refractivity contribution is 0.569. The topological polar surface area (TPSA) is 24.9 Å². The molecule has 0 saturated heterocycles. The number of nitrogens with zero attached hydrogens (tertiary/aromatic N) is 1. The van der Waals surface area contributed by atoms with Crippen LogP contribution in [0.1, 0.15) is 56.4 Å². The summed E-state index contributed by atoms with van der Waals surface area (Å²) in [5.74, 6) is 0. The van der Waals surface area contributed by atoms with Gasteiger partial charge in [0.2, 0.25) is 0 Å². The molecule has 0 fully saturated rings. The Labute approximate surface area is 140 Å². The molecule has 1 aliphatic rings. The largest absolute Gasteiger partial charge is 0.382 e. The first-order valence-corrected chi connectivity index (χ1v) is 8.52. The molecule has 23 heavy (non-hydrogen) atoms. The number of allylic oxidation sites excluding steroid dienone is 3. The van der Waals surface area contributed by atoms with Gasteiger partial charge in [-0.3, -0.25) is 4.98 Å². The smallest absolute Gasteiger partial charge is 0.0701 e. The second kappa shape index (κ2) is 8.52. The van der Waals surface area contributed by atoms with Crippen molar-refractivity contribution in [3.8, 4) is 0 Å². The molecule has 0 spiro atoms. The maximum absolute atomic E-state index is 4.48. The fraction of sp³-hybridized carbons (Fsp3) is 0.381. The molecule has 0 amide bonds. The highest BCUT2D eigenvalue weighted by Gasteiger charge is 2.10. The van der Waals surface area contributed by atoms with E-state index in [-0.39, 0.29) is 0 Å². The van der Waals surface area contributed by atoms with Crippen molar-refractivity contribution in [1.29, 1.82) is 0 Å². The van der Waals surface area contributed by atoms with E-state index in [1.165, 1.54) is 16.7 Å². The van der Waals surface area contributed by atoms with Gasteiger partial charge in [0.1, 0.15) is 0 Å². The molecule has 0 aromatic carbocycles. The summed E-state index contributed by atoms with van der Waals surface area (Å²) in [7, 11) is 0. The van der Waals surface area contributed by atoms with Gasteiger partial charge in [-0.2, -0.15) is 0 Å². The number of aromatic nitrogens is 1. The fourth-order valence-corrected chi connectivity index (χ4v) is 2.85. The van der Waals surface area contributed by atoms with E-state index in [1.807, 2.05) is 6.20 Å². The van der Waals surface area contributed by atoms with Gasteiger partial charge in [-0.1, -0.05) is 50.3 Å². The molecule has 1 aliphatic carbocycles. The van der Waals surface area contributed by atoms with Crippen LogP contribution in [0.2, 0.25) is 0 Å². The van der Waals surface area contributed by atoms with Gasteiger partial charge in [0.05, 0.1) is 5.69 Å². The first kappa shape index (κ1) is 17.3. The number of hydrogen-bond donors (Lipinski definition) is 1. The molecule has 0 radical (unpaired) electrons. The van der Waals surface area contributed by atoms with Crippen molar-refractivity contribution in [2.45, 2.75) is 52.0 Å². The van der Waals surface area contributed by atoms with Gasteiger partial charge in [-0.05, 0) is 50.3 Å². The second-order valence-corrected chi connectivity index (χ2v) is 6.24. The molecule has 2 nitrogen and oxygen atoms in total. The number of nitrogens with one attached hydrogen (secondary N) is 1. The van der Waals surface area contributed by atoms with Crippen LogP contribution in [0.15, 0.2) is 48.8 Å². The van der Waals surface area contributed by atoms with Crippen LogP contribution < -0.4 is 5.32 Å². The highest BCUT2D eigenvalue weighted by atomic mass is 14.9. The summed E-state index contributed by atoms with van der Waals surface area (Å²) >= 11 is 0. The van der Waals surface area contributed by atoms with Gasteiger partial charge >= 0.3 is 0 Å². The standard InChI is InChI=1S/C21H28N2/c1-5-9-20(16(2)3)23-17(4)12-13-18-14-15-22-21-11-8-6-7-10-19(18)21/h7-8,10-11,14-15,20,23H,2,4-6,9,12-13H2,1,3H3. The minimum atomic E-state index is 0.338. The van der Waals surface area contributed by atoms with Crippen molar-refractivity contribution in [2.75, 3.05) is 0 Å². The molecule has 1 aromatic heterocycles. The van der Waals surface area contributed by atoms with Crippen LogP contribution >= 0.6 is 0 Å². The van der Waals surface area contributed by atoms with Crippen molar-refractivity contribution >= 4 is 12.2 Å². The Bertz CT molecular complexity index is 623. The molecule has 0 saturated carbocycles. The molecule has 0 bridgehead atoms. The molecular weight excluding hydrogens is 280 g/mol. The lowest BCUT2D eigenvalue weighted by Gasteiger charge is -2.21. The van der Waals surface area contributed by atoms with E-state index >= 15 is 0 Å². The average Bonchev–Trinajstić information content (AvgIpc) is 2.78. The predicted molar refractivity (Wildman–Crippen MR) is 101 cm³/mol. The zero-order valence-electron chi connectivity index (χ0n) is 14.4. The summed E-state index contributed by atoms with van der Waals surface area (Å²) in [6.07, 6.45) is 15.7. The summed E-state index contributed by atoms with van der Waals surface area (Å²) in [6, 6.07) is 2.46. The van der Waals surface area contributed by atoms with E-state index in [0.717, 1.165) is 43.5 Å². The van der Waals surface area contributed by atoms with Crippen molar-refractivity contribution in [3.05, 3.63) is 65.7 Å². The minimum Gasteiger partial charge on any atom is -0.382 e. The Morgan fingerprint density at radius 3 is 2.83 bits per heavy atom. The molecule has 0 aliphatic heterocycles. The lowest BCUT2D eigenvalue weighted by atomic mass is 10.00. The molecule has 2 rings (SSSR count). The summed E-state index contributed by atoms with van der Waals surface area (Å²) in [5.41, 5.74) is 5.92. The van der Waals surface area contributed by atoms with E-state index in [1.54, 1.807) is 0 Å². The van der Waals surface area contributed by atoms with Gasteiger partial charge in [0, 0.05) is 23.5 Å². The Morgan fingerprint density at radius 1 is 1.30 bits per heavy atom. The van der Waals surface area contributed by atoms with Crippen LogP contribution in [-0.2, 0) is 6.42 Å². The first-order chi connectivity index (χ1) is 11.1. The van der Waals surface area contributed by atoms with E-state index in [2.05, 4.69) is 67.7 Å². The Morgan fingerprint density at radius 2 is 2.09 bits per heavy atom. The lowest BCUT2D eigenvalue weighted by Crippen LogP contribution is -2.29. The third kappa shape index (κ3) is 4.95. The van der Waals surface area contributed by atoms with Crippen molar-refractivity contribution < 1.29 is 0 Å². The summed E-state index contributed by atoms with van der Waals surface area (Å²) in [6.45, 7) is 12.6. The molecule has 1 atom stereocenters. The third-order valence-corrected chi connectivity index (χ3v) is 4.19. The summed E-state index contributed by atoms with van der Waals surface area (Å²) in [4.78, 5) is 4.48. The highest BCUT2D eigenvalue weighted by molar-refractivity contribution is 5.67. The van der Waals surface area contributed by atoms with E-state index < -0.39 is 0 Å². The van der Waals surface area contributed by atoms with Gasteiger partial charge in [0.15, 0.2) is 0 Å². The van der Waals surface area contributed by atoms with Crippen LogP contribution in [0.5, 0.6) is 0 Å². The van der Waals surface area contributed by atoms with Gasteiger partial charge in [0.25, 0.3) is 0 Å². The number of aryl methyl sites for hydroxylation is 1. The molecule has 1 heterocycles. The van der Waals surface area contributed by atoms with Gasteiger partial charge in [-0.15, -0.1) is 0 Å². The van der Waals surface area contributed by atoms with Crippen molar-refractivity contribution in [1.82, 2.24) is 10.3 Å². The first-order valence-electron chi connectivity index (χ1n) is 8.52. The van der Waals surface area contributed by atoms with Crippen molar-refractivity contribution in [2.24, 2.45) is 0 Å². The Balaban J connectivity index is 2.00. The normalized spacial score (nSPS) is 14.0. The monoisotopic (exact) mass is 308 g/mol. The number of fused-ring (bicyclic) bond motifs is 1. The number of hydrogen-bond acceptors (Lipinski definition) is 2. The third-order valence-electron chi connectivity index (χ3n) is 4.19. The molecule has 1 N–H and O–H groups in total. The molecular formula is C21H28N2. The summed E-state index contributed by atoms with van der Waals surface area (Å²) in [5, 5.41) is 3.54. The highest BCUT2D eigenvalue weighted by Crippen LogP contribution is 2.21. The van der Waals surface area contributed by atoms with Gasteiger partial charge < -0.3 is 5.32 Å². The zero-order chi connectivity index (χ0) is 16.7. The fourth-order valence-electron chi connectivity index (χ4n) is 2.85. The van der Waals surface area contributed by atoms with E-state index in [0.29, 0.717) is 6.04 Å². The van der Waals surface area contributed by atoms with E-state index in [9.17, 15) is 0 Å². The minimum absolute atomic E-state index is 0.338. The van der Waals surface area contributed by atoms with E-state index in [4.69, 9.17) is 0 Å². The van der Waals surface area contributed by atoms with Crippen LogP contribution in [-0.4, -0.2) is 11.0 Å². The van der Waals surface area contributed by atoms with Crippen LogP contribution in [0.25, 0.3) is 12.2 Å². The maximum Gasteiger partial charge on any atom is 0.0701 e. The molecule has 2 heteroatoms. The number of rotatable bonds is 8. The SMILES string of the molecule is C=C(CCc1ccnc2c1C=CCC=C2)NC(CCC)C(=C)C.